The molecule has 1 nitrogen and oxygen atoms in total. The summed E-state index contributed by atoms with van der Waals surface area (Å²) in [5.74, 6) is 0. The Morgan fingerprint density at radius 1 is 1.22 bits per heavy atom. The van der Waals surface area contributed by atoms with Crippen molar-refractivity contribution in [2.75, 3.05) is 13.1 Å². The van der Waals surface area contributed by atoms with Crippen molar-refractivity contribution in [2.24, 2.45) is 0 Å². The van der Waals surface area contributed by atoms with Crippen LogP contribution in [0.3, 0.4) is 0 Å². The molecule has 0 radical (unpaired) electrons. The molecule has 0 saturated carbocycles. The minimum absolute atomic E-state index is 0.986. The van der Waals surface area contributed by atoms with Gasteiger partial charge in [-0.2, -0.15) is 0 Å². The molecule has 0 amide bonds. The topological polar surface area (TPSA) is 0 Å². The highest BCUT2D eigenvalue weighted by Gasteiger charge is 2.57. The molecule has 0 aromatic rings. The van der Waals surface area contributed by atoms with Crippen LogP contribution < -0.4 is 0 Å². The molecule has 2 fully saturated rings. The first-order chi connectivity index (χ1) is 4.26. The number of rotatable bonds is 0. The predicted octanol–water partition coefficient (Wildman–Crippen LogP) is 1.39. The van der Waals surface area contributed by atoms with Gasteiger partial charge in [0.05, 0.1) is 12.6 Å². The van der Waals surface area contributed by atoms with Gasteiger partial charge in [0.1, 0.15) is 12.6 Å². The number of hydrogen-bond acceptors (Lipinski definition) is 0. The van der Waals surface area contributed by atoms with Crippen molar-refractivity contribution in [1.82, 2.24) is 0 Å². The smallest absolute Gasteiger partial charge is 0.136 e. The standard InChI is InChI=1S/C8H16N/c1-7-4-3-5-9(7)6-8(9)2/h7-8H,3-6H2,1-2H3/q+1. The zero-order valence-corrected chi connectivity index (χ0v) is 6.43. The van der Waals surface area contributed by atoms with Crippen molar-refractivity contribution in [2.45, 2.75) is 38.8 Å². The third-order valence-electron chi connectivity index (χ3n) is 3.42. The summed E-state index contributed by atoms with van der Waals surface area (Å²) in [6.45, 7) is 7.75. The van der Waals surface area contributed by atoms with E-state index in [9.17, 15) is 0 Å². The number of quaternary nitrogens is 1. The van der Waals surface area contributed by atoms with Gasteiger partial charge in [0.25, 0.3) is 0 Å². The Bertz CT molecular complexity index is 133. The van der Waals surface area contributed by atoms with Crippen molar-refractivity contribution in [3.63, 3.8) is 0 Å². The molecule has 2 aliphatic heterocycles. The molecule has 2 saturated heterocycles. The number of hydrogen-bond donors (Lipinski definition) is 0. The Kier molecular flexibility index (Phi) is 0.963. The van der Waals surface area contributed by atoms with Crippen LogP contribution in [0, 0.1) is 0 Å². The lowest BCUT2D eigenvalue weighted by atomic mass is 10.2. The molecule has 1 heteroatoms. The highest BCUT2D eigenvalue weighted by molar-refractivity contribution is 4.78. The Morgan fingerprint density at radius 3 is 2.11 bits per heavy atom. The summed E-state index contributed by atoms with van der Waals surface area (Å²) in [6, 6.07) is 1.99. The fourth-order valence-electron chi connectivity index (χ4n) is 2.53. The van der Waals surface area contributed by atoms with Gasteiger partial charge in [-0.05, 0) is 13.8 Å². The zero-order valence-electron chi connectivity index (χ0n) is 6.43. The maximum Gasteiger partial charge on any atom is 0.136 e. The van der Waals surface area contributed by atoms with E-state index in [4.69, 9.17) is 0 Å². The van der Waals surface area contributed by atoms with E-state index in [2.05, 4.69) is 13.8 Å². The lowest BCUT2D eigenvalue weighted by molar-refractivity contribution is -0.823. The highest BCUT2D eigenvalue weighted by atomic mass is 15.5. The monoisotopic (exact) mass is 126 g/mol. The zero-order chi connectivity index (χ0) is 6.48. The van der Waals surface area contributed by atoms with Gasteiger partial charge in [0, 0.05) is 12.8 Å². The van der Waals surface area contributed by atoms with Crippen LogP contribution in [0.2, 0.25) is 0 Å². The first kappa shape index (κ1) is 5.72. The second-order valence-electron chi connectivity index (χ2n) is 3.85. The molecule has 0 N–H and O–H groups in total. The summed E-state index contributed by atoms with van der Waals surface area (Å²) in [4.78, 5) is 0. The van der Waals surface area contributed by atoms with Crippen LogP contribution in [0.1, 0.15) is 26.7 Å². The molecule has 0 bridgehead atoms. The average Bonchev–Trinajstić information content (AvgIpc) is 2.29. The van der Waals surface area contributed by atoms with E-state index < -0.39 is 0 Å². The van der Waals surface area contributed by atoms with Crippen molar-refractivity contribution in [3.8, 4) is 0 Å². The molecule has 0 aromatic heterocycles. The maximum atomic E-state index is 2.41. The van der Waals surface area contributed by atoms with Crippen LogP contribution in [0.4, 0.5) is 0 Å². The molecule has 2 heterocycles. The molecule has 0 aromatic carbocycles. The van der Waals surface area contributed by atoms with E-state index in [0.29, 0.717) is 0 Å². The van der Waals surface area contributed by atoms with E-state index in [-0.39, 0.29) is 0 Å². The predicted molar refractivity (Wildman–Crippen MR) is 38.2 cm³/mol. The fourth-order valence-corrected chi connectivity index (χ4v) is 2.53. The molecule has 2 rings (SSSR count). The van der Waals surface area contributed by atoms with Crippen molar-refractivity contribution < 1.29 is 4.48 Å². The van der Waals surface area contributed by atoms with E-state index in [1.165, 1.54) is 30.4 Å². The molecular weight excluding hydrogens is 110 g/mol. The van der Waals surface area contributed by atoms with Crippen LogP contribution >= 0.6 is 0 Å². The van der Waals surface area contributed by atoms with Gasteiger partial charge in [-0.15, -0.1) is 0 Å². The van der Waals surface area contributed by atoms with Gasteiger partial charge < -0.3 is 4.48 Å². The molecule has 3 atom stereocenters. The van der Waals surface area contributed by atoms with E-state index in [1.54, 1.807) is 0 Å². The van der Waals surface area contributed by atoms with Crippen LogP contribution in [-0.4, -0.2) is 29.7 Å². The molecule has 52 valence electrons. The maximum absolute atomic E-state index is 2.41. The quantitative estimate of drug-likeness (QED) is 0.340. The molecule has 9 heavy (non-hydrogen) atoms. The first-order valence-electron chi connectivity index (χ1n) is 4.12. The third kappa shape index (κ3) is 0.586. The second kappa shape index (κ2) is 1.51. The summed E-state index contributed by atoms with van der Waals surface area (Å²) in [7, 11) is 0. The van der Waals surface area contributed by atoms with Gasteiger partial charge in [-0.1, -0.05) is 0 Å². The summed E-state index contributed by atoms with van der Waals surface area (Å²) in [5, 5.41) is 0. The fraction of sp³-hybridized carbons (Fsp3) is 1.00. The van der Waals surface area contributed by atoms with Gasteiger partial charge in [-0.3, -0.25) is 0 Å². The van der Waals surface area contributed by atoms with E-state index in [1.807, 2.05) is 0 Å². The Balaban J connectivity index is 2.12. The van der Waals surface area contributed by atoms with Crippen LogP contribution in [0.25, 0.3) is 0 Å². The minimum Gasteiger partial charge on any atom is -0.310 e. The summed E-state index contributed by atoms with van der Waals surface area (Å²) in [5.41, 5.74) is 0. The highest BCUT2D eigenvalue weighted by Crippen LogP contribution is 2.40. The Labute approximate surface area is 57.3 Å². The van der Waals surface area contributed by atoms with E-state index >= 15 is 0 Å². The van der Waals surface area contributed by atoms with Crippen LogP contribution in [0.15, 0.2) is 0 Å². The Hall–Kier alpha value is -0.0400. The van der Waals surface area contributed by atoms with Gasteiger partial charge >= 0.3 is 0 Å². The lowest BCUT2D eigenvalue weighted by Gasteiger charge is -2.17. The summed E-state index contributed by atoms with van der Waals surface area (Å²) < 4.78 is 1.47. The minimum atomic E-state index is 0.986. The van der Waals surface area contributed by atoms with Crippen LogP contribution in [-0.2, 0) is 0 Å². The summed E-state index contributed by atoms with van der Waals surface area (Å²) >= 11 is 0. The van der Waals surface area contributed by atoms with Gasteiger partial charge in [0.15, 0.2) is 0 Å². The molecular formula is C8H16N+. The van der Waals surface area contributed by atoms with Crippen molar-refractivity contribution in [1.29, 1.82) is 0 Å². The van der Waals surface area contributed by atoms with E-state index in [0.717, 1.165) is 12.1 Å². The second-order valence-corrected chi connectivity index (χ2v) is 3.85. The molecule has 0 aliphatic carbocycles. The molecule has 1 spiro atoms. The average molecular weight is 126 g/mol. The normalized spacial score (nSPS) is 56.7. The summed E-state index contributed by atoms with van der Waals surface area (Å²) in [6.07, 6.45) is 2.95. The number of nitrogens with zero attached hydrogens (tertiary/aromatic N) is 1. The van der Waals surface area contributed by atoms with Gasteiger partial charge in [-0.25, -0.2) is 0 Å². The third-order valence-corrected chi connectivity index (χ3v) is 3.42. The van der Waals surface area contributed by atoms with Crippen LogP contribution in [0.5, 0.6) is 0 Å². The van der Waals surface area contributed by atoms with Crippen molar-refractivity contribution >= 4 is 0 Å². The molecule has 3 unspecified atom stereocenters. The first-order valence-corrected chi connectivity index (χ1v) is 4.12. The molecule has 2 aliphatic rings. The van der Waals surface area contributed by atoms with Crippen molar-refractivity contribution in [3.05, 3.63) is 0 Å². The SMILES string of the molecule is CC1CCC[N+]12CC2C. The lowest BCUT2D eigenvalue weighted by Crippen LogP contribution is -2.31. The largest absolute Gasteiger partial charge is 0.310 e. The Morgan fingerprint density at radius 2 is 1.89 bits per heavy atom. The van der Waals surface area contributed by atoms with Gasteiger partial charge in [0.2, 0.25) is 0 Å².